The highest BCUT2D eigenvalue weighted by Gasteiger charge is 2.19. The molecule has 1 unspecified atom stereocenters. The third kappa shape index (κ3) is 4.69. The van der Waals surface area contributed by atoms with E-state index in [1.54, 1.807) is 30.5 Å². The number of amides is 1. The standard InChI is InChI=1S/C19H24N2O4/c1-20(12-18(22)13-21-6-9-24-10-7-21)19(23)16-4-2-3-15(11-16)17-5-8-25-14-17/h2-5,8,11,14,18,22H,6-7,9-10,12-13H2,1H3. The Kier molecular flexibility index (Phi) is 5.86. The molecule has 1 amide bonds. The maximum absolute atomic E-state index is 12.7. The van der Waals surface area contributed by atoms with Crippen LogP contribution in [0.1, 0.15) is 10.4 Å². The van der Waals surface area contributed by atoms with E-state index >= 15 is 0 Å². The van der Waals surface area contributed by atoms with Crippen molar-refractivity contribution >= 4 is 5.91 Å². The van der Waals surface area contributed by atoms with Gasteiger partial charge in [-0.1, -0.05) is 12.1 Å². The fourth-order valence-corrected chi connectivity index (χ4v) is 3.02. The van der Waals surface area contributed by atoms with Gasteiger partial charge < -0.3 is 19.2 Å². The summed E-state index contributed by atoms with van der Waals surface area (Å²) in [6.45, 7) is 3.88. The molecule has 134 valence electrons. The molecule has 1 N–H and O–H groups in total. The summed E-state index contributed by atoms with van der Waals surface area (Å²) in [5, 5.41) is 10.3. The first-order valence-corrected chi connectivity index (χ1v) is 8.50. The second-order valence-electron chi connectivity index (χ2n) is 6.35. The predicted octanol–water partition coefficient (Wildman–Crippen LogP) is 1.71. The molecule has 2 heterocycles. The van der Waals surface area contributed by atoms with Gasteiger partial charge in [-0.3, -0.25) is 9.69 Å². The van der Waals surface area contributed by atoms with Crippen molar-refractivity contribution in [3.63, 3.8) is 0 Å². The molecule has 6 heteroatoms. The normalized spacial score (nSPS) is 16.6. The lowest BCUT2D eigenvalue weighted by Gasteiger charge is -2.30. The monoisotopic (exact) mass is 344 g/mol. The van der Waals surface area contributed by atoms with Crippen LogP contribution in [0.25, 0.3) is 11.1 Å². The van der Waals surface area contributed by atoms with Gasteiger partial charge >= 0.3 is 0 Å². The van der Waals surface area contributed by atoms with Crippen LogP contribution in [-0.4, -0.2) is 73.4 Å². The van der Waals surface area contributed by atoms with Crippen molar-refractivity contribution in [1.29, 1.82) is 0 Å². The van der Waals surface area contributed by atoms with Crippen LogP contribution >= 0.6 is 0 Å². The van der Waals surface area contributed by atoms with Crippen LogP contribution in [-0.2, 0) is 4.74 Å². The van der Waals surface area contributed by atoms with Crippen LogP contribution in [0.2, 0.25) is 0 Å². The van der Waals surface area contributed by atoms with Crippen molar-refractivity contribution in [2.75, 3.05) is 46.4 Å². The summed E-state index contributed by atoms with van der Waals surface area (Å²) in [7, 11) is 1.72. The molecule has 0 aliphatic carbocycles. The lowest BCUT2D eigenvalue weighted by atomic mass is 10.1. The van der Waals surface area contributed by atoms with E-state index in [1.165, 1.54) is 0 Å². The van der Waals surface area contributed by atoms with Gasteiger partial charge in [0.1, 0.15) is 0 Å². The first-order valence-electron chi connectivity index (χ1n) is 8.50. The number of nitrogens with zero attached hydrogens (tertiary/aromatic N) is 2. The average Bonchev–Trinajstić information content (AvgIpc) is 3.16. The Bertz CT molecular complexity index is 680. The lowest BCUT2D eigenvalue weighted by Crippen LogP contribution is -2.45. The molecule has 1 aromatic carbocycles. The molecule has 0 spiro atoms. The minimum absolute atomic E-state index is 0.105. The third-order valence-corrected chi connectivity index (χ3v) is 4.37. The second kappa shape index (κ2) is 8.29. The van der Waals surface area contributed by atoms with Gasteiger partial charge in [0.15, 0.2) is 0 Å². The first-order chi connectivity index (χ1) is 12.1. The number of hydrogen-bond acceptors (Lipinski definition) is 5. The Morgan fingerprint density at radius 3 is 2.80 bits per heavy atom. The van der Waals surface area contributed by atoms with E-state index in [0.29, 0.717) is 31.9 Å². The average molecular weight is 344 g/mol. The second-order valence-corrected chi connectivity index (χ2v) is 6.35. The number of β-amino-alcohol motifs (C(OH)–C–C–N with tert-alkyl or cyclic N) is 1. The Morgan fingerprint density at radius 2 is 2.08 bits per heavy atom. The number of morpholine rings is 1. The SMILES string of the molecule is CN(CC(O)CN1CCOCC1)C(=O)c1cccc(-c2ccoc2)c1. The number of carbonyl (C=O) groups excluding carboxylic acids is 1. The highest BCUT2D eigenvalue weighted by Crippen LogP contribution is 2.21. The minimum Gasteiger partial charge on any atom is -0.472 e. The largest absolute Gasteiger partial charge is 0.472 e. The van der Waals surface area contributed by atoms with Crippen molar-refractivity contribution in [1.82, 2.24) is 9.80 Å². The highest BCUT2D eigenvalue weighted by molar-refractivity contribution is 5.95. The van der Waals surface area contributed by atoms with Crippen LogP contribution in [0.5, 0.6) is 0 Å². The van der Waals surface area contributed by atoms with Crippen molar-refractivity contribution in [2.24, 2.45) is 0 Å². The predicted molar refractivity (Wildman–Crippen MR) is 94.4 cm³/mol. The molecule has 1 aromatic heterocycles. The van der Waals surface area contributed by atoms with E-state index in [0.717, 1.165) is 24.2 Å². The molecule has 0 bridgehead atoms. The summed E-state index contributed by atoms with van der Waals surface area (Å²) in [6.07, 6.45) is 2.68. The fraction of sp³-hybridized carbons (Fsp3) is 0.421. The maximum atomic E-state index is 12.7. The fourth-order valence-electron chi connectivity index (χ4n) is 3.02. The number of hydrogen-bond donors (Lipinski definition) is 1. The first kappa shape index (κ1) is 17.7. The molecule has 1 atom stereocenters. The summed E-state index contributed by atoms with van der Waals surface area (Å²) in [6, 6.07) is 9.29. The third-order valence-electron chi connectivity index (χ3n) is 4.37. The molecular weight excluding hydrogens is 320 g/mol. The van der Waals surface area contributed by atoms with Crippen molar-refractivity contribution < 1.29 is 19.1 Å². The number of aliphatic hydroxyl groups excluding tert-OH is 1. The smallest absolute Gasteiger partial charge is 0.253 e. The Balaban J connectivity index is 1.59. The van der Waals surface area contributed by atoms with Gasteiger partial charge in [0, 0.05) is 44.4 Å². The number of aliphatic hydroxyl groups is 1. The van der Waals surface area contributed by atoms with Gasteiger partial charge in [0.2, 0.25) is 0 Å². The Labute approximate surface area is 147 Å². The molecule has 2 aromatic rings. The molecule has 1 fully saturated rings. The summed E-state index contributed by atoms with van der Waals surface area (Å²) in [4.78, 5) is 16.4. The minimum atomic E-state index is -0.580. The van der Waals surface area contributed by atoms with Crippen molar-refractivity contribution in [3.8, 4) is 11.1 Å². The number of rotatable bonds is 6. The van der Waals surface area contributed by atoms with Crippen LogP contribution in [0.3, 0.4) is 0 Å². The summed E-state index contributed by atoms with van der Waals surface area (Å²) < 4.78 is 10.4. The molecule has 1 aliphatic rings. The van der Waals surface area contributed by atoms with Crippen LogP contribution in [0, 0.1) is 0 Å². The maximum Gasteiger partial charge on any atom is 0.253 e. The molecule has 1 aliphatic heterocycles. The molecule has 0 saturated carbocycles. The van der Waals surface area contributed by atoms with E-state index in [9.17, 15) is 9.90 Å². The van der Waals surface area contributed by atoms with E-state index in [2.05, 4.69) is 4.90 Å². The Morgan fingerprint density at radius 1 is 1.28 bits per heavy atom. The van der Waals surface area contributed by atoms with Gasteiger partial charge in [-0.2, -0.15) is 0 Å². The molecule has 25 heavy (non-hydrogen) atoms. The van der Waals surface area contributed by atoms with Gasteiger partial charge in [-0.25, -0.2) is 0 Å². The van der Waals surface area contributed by atoms with Gasteiger partial charge in [0.25, 0.3) is 5.91 Å². The number of carbonyl (C=O) groups is 1. The van der Waals surface area contributed by atoms with Gasteiger partial charge in [-0.05, 0) is 23.8 Å². The quantitative estimate of drug-likeness (QED) is 0.864. The zero-order valence-electron chi connectivity index (χ0n) is 14.4. The van der Waals surface area contributed by atoms with Gasteiger partial charge in [-0.15, -0.1) is 0 Å². The van der Waals surface area contributed by atoms with E-state index in [-0.39, 0.29) is 5.91 Å². The molecular formula is C19H24N2O4. The van der Waals surface area contributed by atoms with Crippen molar-refractivity contribution in [2.45, 2.75) is 6.10 Å². The number of ether oxygens (including phenoxy) is 1. The molecule has 0 radical (unpaired) electrons. The molecule has 1 saturated heterocycles. The topological polar surface area (TPSA) is 66.2 Å². The zero-order chi connectivity index (χ0) is 17.6. The number of likely N-dealkylation sites (N-methyl/N-ethyl adjacent to an activating group) is 1. The van der Waals surface area contributed by atoms with Crippen LogP contribution in [0.4, 0.5) is 0 Å². The number of benzene rings is 1. The van der Waals surface area contributed by atoms with E-state index in [4.69, 9.17) is 9.15 Å². The molecule has 6 nitrogen and oxygen atoms in total. The summed E-state index contributed by atoms with van der Waals surface area (Å²) in [5.41, 5.74) is 2.46. The zero-order valence-corrected chi connectivity index (χ0v) is 14.4. The van der Waals surface area contributed by atoms with E-state index < -0.39 is 6.10 Å². The number of furan rings is 1. The lowest BCUT2D eigenvalue weighted by molar-refractivity contribution is 0.00879. The highest BCUT2D eigenvalue weighted by atomic mass is 16.5. The summed E-state index contributed by atoms with van der Waals surface area (Å²) >= 11 is 0. The molecule has 3 rings (SSSR count). The van der Waals surface area contributed by atoms with Crippen LogP contribution in [0.15, 0.2) is 47.3 Å². The Hall–Kier alpha value is -2.15. The van der Waals surface area contributed by atoms with Gasteiger partial charge in [0.05, 0.1) is 31.8 Å². The van der Waals surface area contributed by atoms with Crippen LogP contribution < -0.4 is 0 Å². The van der Waals surface area contributed by atoms with Crippen molar-refractivity contribution in [3.05, 3.63) is 48.4 Å². The van der Waals surface area contributed by atoms with E-state index in [1.807, 2.05) is 24.3 Å². The summed E-state index contributed by atoms with van der Waals surface area (Å²) in [5.74, 6) is -0.105.